The smallest absolute Gasteiger partial charge is 0.220 e. The van der Waals surface area contributed by atoms with Crippen molar-refractivity contribution in [2.24, 2.45) is 0 Å². The lowest BCUT2D eigenvalue weighted by molar-refractivity contribution is -0.379. The summed E-state index contributed by atoms with van der Waals surface area (Å²) in [5.41, 5.74) is 0. The zero-order valence-corrected chi connectivity index (χ0v) is 54.0. The van der Waals surface area contributed by atoms with Crippen molar-refractivity contribution in [1.29, 1.82) is 0 Å². The maximum absolute atomic E-state index is 13.4. The van der Waals surface area contributed by atoms with Crippen LogP contribution in [0, 0.1) is 0 Å². The zero-order chi connectivity index (χ0) is 63.3. The van der Waals surface area contributed by atoms with E-state index in [4.69, 9.17) is 28.4 Å². The van der Waals surface area contributed by atoms with Crippen molar-refractivity contribution in [1.82, 2.24) is 5.32 Å². The molecule has 3 aliphatic heterocycles. The first-order chi connectivity index (χ1) is 42.3. The highest BCUT2D eigenvalue weighted by Gasteiger charge is 2.53. The normalized spacial score (nSPS) is 28.7. The lowest BCUT2D eigenvalue weighted by Crippen LogP contribution is -2.66. The van der Waals surface area contributed by atoms with Gasteiger partial charge in [-0.1, -0.05) is 256 Å². The zero-order valence-electron chi connectivity index (χ0n) is 54.0. The van der Waals surface area contributed by atoms with E-state index in [1.165, 1.54) is 199 Å². The summed E-state index contributed by atoms with van der Waals surface area (Å²) in [5.74, 6) is -0.281. The summed E-state index contributed by atoms with van der Waals surface area (Å²) in [4.78, 5) is 13.4. The summed E-state index contributed by atoms with van der Waals surface area (Å²) in [7, 11) is 0. The fourth-order valence-electron chi connectivity index (χ4n) is 12.0. The minimum atomic E-state index is -1.98. The van der Waals surface area contributed by atoms with E-state index in [0.717, 1.165) is 38.5 Å². The van der Waals surface area contributed by atoms with Gasteiger partial charge in [0.15, 0.2) is 18.9 Å². The van der Waals surface area contributed by atoms with Crippen LogP contribution < -0.4 is 5.32 Å². The maximum atomic E-state index is 13.4. The minimum absolute atomic E-state index is 0.241. The van der Waals surface area contributed by atoms with Crippen molar-refractivity contribution in [2.75, 3.05) is 26.4 Å². The van der Waals surface area contributed by atoms with Crippen LogP contribution in [0.1, 0.15) is 271 Å². The first kappa shape index (κ1) is 79.5. The lowest BCUT2D eigenvalue weighted by Gasteiger charge is -2.48. The van der Waals surface area contributed by atoms with Gasteiger partial charge in [0.05, 0.1) is 38.6 Å². The van der Waals surface area contributed by atoms with Gasteiger partial charge in [-0.25, -0.2) is 0 Å². The Balaban J connectivity index is 1.40. The summed E-state index contributed by atoms with van der Waals surface area (Å²) in [5, 5.41) is 120. The Kier molecular flexibility index (Phi) is 46.4. The molecule has 17 unspecified atom stereocenters. The second kappa shape index (κ2) is 50.8. The third-order valence-corrected chi connectivity index (χ3v) is 17.8. The third kappa shape index (κ3) is 33.1. The van der Waals surface area contributed by atoms with Crippen LogP contribution in [0.25, 0.3) is 0 Å². The number of nitrogens with one attached hydrogen (secondary N) is 1. The van der Waals surface area contributed by atoms with E-state index in [1.54, 1.807) is 6.08 Å². The molecule has 3 aliphatic rings. The molecule has 512 valence electrons. The number of aliphatic hydroxyl groups excluding tert-OH is 11. The molecule has 0 aliphatic carbocycles. The van der Waals surface area contributed by atoms with Gasteiger partial charge in [0.2, 0.25) is 5.91 Å². The Labute approximate surface area is 524 Å². The number of unbranched alkanes of at least 4 members (excludes halogenated alkanes) is 36. The summed E-state index contributed by atoms with van der Waals surface area (Å²) in [6.45, 7) is 1.73. The number of rotatable bonds is 54. The number of carbonyl (C=O) groups excluding carboxylic acids is 1. The molecule has 19 heteroatoms. The van der Waals surface area contributed by atoms with Crippen LogP contribution in [0.4, 0.5) is 0 Å². The number of carbonyl (C=O) groups is 1. The van der Waals surface area contributed by atoms with Crippen molar-refractivity contribution >= 4 is 5.91 Å². The molecule has 0 radical (unpaired) electrons. The number of ether oxygens (including phenoxy) is 6. The van der Waals surface area contributed by atoms with E-state index in [-0.39, 0.29) is 18.9 Å². The molecule has 12 N–H and O–H groups in total. The molecule has 17 atom stereocenters. The predicted molar refractivity (Wildman–Crippen MR) is 337 cm³/mol. The molecule has 19 nitrogen and oxygen atoms in total. The first-order valence-electron chi connectivity index (χ1n) is 35.1. The van der Waals surface area contributed by atoms with E-state index < -0.39 is 124 Å². The van der Waals surface area contributed by atoms with E-state index >= 15 is 0 Å². The summed E-state index contributed by atoms with van der Waals surface area (Å²) in [6.07, 6.45) is 30.3. The molecule has 0 aromatic rings. The summed E-state index contributed by atoms with van der Waals surface area (Å²) >= 11 is 0. The average Bonchev–Trinajstić information content (AvgIpc) is 2.84. The molecular formula is C68H127NO18. The van der Waals surface area contributed by atoms with Crippen molar-refractivity contribution in [3.8, 4) is 0 Å². The number of amides is 1. The van der Waals surface area contributed by atoms with Gasteiger partial charge in [0.1, 0.15) is 73.2 Å². The summed E-state index contributed by atoms with van der Waals surface area (Å²) in [6, 6.07) is -0.986. The van der Waals surface area contributed by atoms with Crippen LogP contribution in [-0.4, -0.2) is 193 Å². The maximum Gasteiger partial charge on any atom is 0.220 e. The van der Waals surface area contributed by atoms with Crippen LogP contribution in [0.15, 0.2) is 24.3 Å². The number of hydrogen-bond donors (Lipinski definition) is 12. The van der Waals surface area contributed by atoms with E-state index in [2.05, 4.69) is 31.3 Å². The third-order valence-electron chi connectivity index (χ3n) is 17.8. The van der Waals surface area contributed by atoms with Gasteiger partial charge in [0, 0.05) is 6.42 Å². The van der Waals surface area contributed by atoms with Crippen LogP contribution in [0.2, 0.25) is 0 Å². The highest BCUT2D eigenvalue weighted by Crippen LogP contribution is 2.33. The lowest BCUT2D eigenvalue weighted by atomic mass is 9.96. The molecule has 0 saturated carbocycles. The predicted octanol–water partition coefficient (Wildman–Crippen LogP) is 9.05. The first-order valence-corrected chi connectivity index (χ1v) is 35.1. The topological polar surface area (TPSA) is 307 Å². The number of allylic oxidation sites excluding steroid dienone is 3. The van der Waals surface area contributed by atoms with Crippen LogP contribution >= 0.6 is 0 Å². The van der Waals surface area contributed by atoms with Crippen molar-refractivity contribution in [3.05, 3.63) is 24.3 Å². The molecule has 3 heterocycles. The Hall–Kier alpha value is -1.73. The highest BCUT2D eigenvalue weighted by atomic mass is 16.8. The Morgan fingerprint density at radius 2 is 0.736 bits per heavy atom. The van der Waals surface area contributed by atoms with Gasteiger partial charge < -0.3 is 89.9 Å². The molecule has 0 spiro atoms. The molecule has 3 rings (SSSR count). The Morgan fingerprint density at radius 1 is 0.402 bits per heavy atom. The molecule has 3 saturated heterocycles. The highest BCUT2D eigenvalue weighted by molar-refractivity contribution is 5.76. The fraction of sp³-hybridized carbons (Fsp3) is 0.926. The van der Waals surface area contributed by atoms with Crippen molar-refractivity contribution in [3.63, 3.8) is 0 Å². The number of aliphatic hydroxyl groups is 11. The van der Waals surface area contributed by atoms with Gasteiger partial charge in [-0.2, -0.15) is 0 Å². The van der Waals surface area contributed by atoms with Gasteiger partial charge in [0.25, 0.3) is 0 Å². The molecule has 0 bridgehead atoms. The molecule has 1 amide bonds. The number of hydrogen-bond acceptors (Lipinski definition) is 18. The average molecular weight is 1250 g/mol. The van der Waals surface area contributed by atoms with Gasteiger partial charge in [-0.15, -0.1) is 0 Å². The molecule has 3 fully saturated rings. The van der Waals surface area contributed by atoms with Crippen LogP contribution in [-0.2, 0) is 33.2 Å². The van der Waals surface area contributed by atoms with Crippen molar-refractivity contribution in [2.45, 2.75) is 375 Å². The van der Waals surface area contributed by atoms with E-state index in [0.29, 0.717) is 12.8 Å². The van der Waals surface area contributed by atoms with E-state index in [1.807, 2.05) is 6.08 Å². The fourth-order valence-corrected chi connectivity index (χ4v) is 12.0. The Morgan fingerprint density at radius 3 is 1.15 bits per heavy atom. The van der Waals surface area contributed by atoms with E-state index in [9.17, 15) is 61.0 Å². The second-order valence-electron chi connectivity index (χ2n) is 25.3. The van der Waals surface area contributed by atoms with Crippen LogP contribution in [0.5, 0.6) is 0 Å². The van der Waals surface area contributed by atoms with Gasteiger partial charge >= 0.3 is 0 Å². The molecule has 0 aromatic carbocycles. The minimum Gasteiger partial charge on any atom is -0.394 e. The summed E-state index contributed by atoms with van der Waals surface area (Å²) < 4.78 is 34.3. The quantitative estimate of drug-likeness (QED) is 0.0200. The standard InChI is InChI=1S/C68H127NO18/c1-3-5-7-9-11-13-15-17-19-20-21-22-23-24-25-26-27-28-29-30-31-32-34-36-38-40-42-44-46-56(74)69-51(52(73)45-43-41-39-37-35-33-18-16-14-12-10-8-6-4-2)50-82-66-62(80)59(77)64(54(48-71)84-66)87-68-63(81)60(78)65(55(49-72)85-68)86-67-61(79)58(76)57(75)53(47-70)83-67/h35,37,43,45,51-55,57-68,70-73,75-81H,3-34,36,38-42,44,46-50H2,1-2H3,(H,69,74)/b37-35+,45-43+. The second-order valence-corrected chi connectivity index (χ2v) is 25.3. The van der Waals surface area contributed by atoms with Crippen molar-refractivity contribution < 1.29 is 89.4 Å². The monoisotopic (exact) mass is 1250 g/mol. The molecule has 0 aromatic heterocycles. The van der Waals surface area contributed by atoms with Crippen LogP contribution in [0.3, 0.4) is 0 Å². The van der Waals surface area contributed by atoms with Gasteiger partial charge in [-0.05, 0) is 32.1 Å². The van der Waals surface area contributed by atoms with Gasteiger partial charge in [-0.3, -0.25) is 4.79 Å². The molecule has 87 heavy (non-hydrogen) atoms. The SMILES string of the molecule is CCCCCCCCCC/C=C/CC/C=C/C(O)C(COC1OC(CO)C(OC2OC(CO)C(OC3OC(CO)C(O)C(O)C3O)C(O)C2O)C(O)C1O)NC(=O)CCCCCCCCCCCCCCCCCCCCCCCCCCCCCC. The Bertz CT molecular complexity index is 1680. The largest absolute Gasteiger partial charge is 0.394 e. The molecular weight excluding hydrogens is 1120 g/mol.